The first kappa shape index (κ1) is 17.8. The molecule has 7 nitrogen and oxygen atoms in total. The maximum absolute atomic E-state index is 12.2. The van der Waals surface area contributed by atoms with Crippen LogP contribution in [0.25, 0.3) is 0 Å². The van der Waals surface area contributed by atoms with Gasteiger partial charge in [0.2, 0.25) is 5.91 Å². The van der Waals surface area contributed by atoms with Gasteiger partial charge in [-0.1, -0.05) is 6.92 Å². The molecular formula is C17H22N2O5. The molecule has 0 radical (unpaired) electrons. The maximum Gasteiger partial charge on any atom is 0.306 e. The van der Waals surface area contributed by atoms with E-state index in [-0.39, 0.29) is 24.7 Å². The molecule has 130 valence electrons. The number of carbonyl (C=O) groups excluding carboxylic acids is 3. The molecule has 1 aliphatic rings. The Balaban J connectivity index is 2.10. The Bertz CT molecular complexity index is 644. The van der Waals surface area contributed by atoms with Gasteiger partial charge in [-0.25, -0.2) is 0 Å². The molecule has 1 heterocycles. The van der Waals surface area contributed by atoms with Gasteiger partial charge in [0.15, 0.2) is 6.10 Å². The summed E-state index contributed by atoms with van der Waals surface area (Å²) >= 11 is 0. The van der Waals surface area contributed by atoms with E-state index in [1.807, 2.05) is 6.92 Å². The van der Waals surface area contributed by atoms with Crippen LogP contribution in [0.4, 0.5) is 11.4 Å². The first-order chi connectivity index (χ1) is 11.5. The number of methoxy groups -OCH3 is 1. The summed E-state index contributed by atoms with van der Waals surface area (Å²) in [7, 11) is 1.28. The molecule has 1 N–H and O–H groups in total. The highest BCUT2D eigenvalue weighted by molar-refractivity contribution is 6.00. The summed E-state index contributed by atoms with van der Waals surface area (Å²) in [6.45, 7) is 4.32. The third-order valence-corrected chi connectivity index (χ3v) is 3.68. The Morgan fingerprint density at radius 1 is 1.33 bits per heavy atom. The minimum Gasteiger partial charge on any atom is -0.479 e. The Morgan fingerprint density at radius 2 is 2.08 bits per heavy atom. The van der Waals surface area contributed by atoms with Crippen LogP contribution >= 0.6 is 0 Å². The van der Waals surface area contributed by atoms with Crippen molar-refractivity contribution in [2.45, 2.75) is 39.2 Å². The highest BCUT2D eigenvalue weighted by Gasteiger charge is 2.31. The van der Waals surface area contributed by atoms with Crippen molar-refractivity contribution in [3.8, 4) is 5.75 Å². The Kier molecular flexibility index (Phi) is 5.78. The number of anilines is 2. The number of ether oxygens (including phenoxy) is 2. The molecule has 1 aliphatic heterocycles. The second kappa shape index (κ2) is 7.81. The number of benzene rings is 1. The summed E-state index contributed by atoms with van der Waals surface area (Å²) in [4.78, 5) is 36.8. The van der Waals surface area contributed by atoms with Crippen molar-refractivity contribution in [3.63, 3.8) is 0 Å². The predicted molar refractivity (Wildman–Crippen MR) is 89.1 cm³/mol. The predicted octanol–water partition coefficient (Wildman–Crippen LogP) is 2.10. The van der Waals surface area contributed by atoms with Crippen molar-refractivity contribution in [1.82, 2.24) is 0 Å². The fourth-order valence-corrected chi connectivity index (χ4v) is 2.48. The summed E-state index contributed by atoms with van der Waals surface area (Å²) in [5, 5.41) is 2.71. The van der Waals surface area contributed by atoms with Crippen molar-refractivity contribution in [2.24, 2.45) is 0 Å². The normalized spacial score (nSPS) is 16.2. The minimum atomic E-state index is -0.561. The van der Waals surface area contributed by atoms with E-state index < -0.39 is 12.1 Å². The highest BCUT2D eigenvalue weighted by Crippen LogP contribution is 2.36. The summed E-state index contributed by atoms with van der Waals surface area (Å²) in [6, 6.07) is 5.16. The van der Waals surface area contributed by atoms with Gasteiger partial charge >= 0.3 is 5.97 Å². The van der Waals surface area contributed by atoms with Crippen LogP contribution in [0.2, 0.25) is 0 Å². The maximum atomic E-state index is 12.2. The van der Waals surface area contributed by atoms with Gasteiger partial charge in [0.25, 0.3) is 5.91 Å². The zero-order chi connectivity index (χ0) is 17.7. The number of carbonyl (C=O) groups is 3. The number of esters is 1. The lowest BCUT2D eigenvalue weighted by Crippen LogP contribution is -2.44. The molecule has 0 bridgehead atoms. The van der Waals surface area contributed by atoms with Gasteiger partial charge in [0.05, 0.1) is 19.2 Å². The highest BCUT2D eigenvalue weighted by atomic mass is 16.5. The summed E-state index contributed by atoms with van der Waals surface area (Å²) < 4.78 is 10.1. The first-order valence-electron chi connectivity index (χ1n) is 7.95. The van der Waals surface area contributed by atoms with E-state index >= 15 is 0 Å². The number of nitrogens with one attached hydrogen (secondary N) is 1. The fourth-order valence-electron chi connectivity index (χ4n) is 2.48. The molecule has 24 heavy (non-hydrogen) atoms. The average Bonchev–Trinajstić information content (AvgIpc) is 2.56. The van der Waals surface area contributed by atoms with E-state index in [0.29, 0.717) is 23.7 Å². The molecule has 7 heteroatoms. The van der Waals surface area contributed by atoms with Gasteiger partial charge in [0, 0.05) is 24.7 Å². The molecule has 1 unspecified atom stereocenters. The van der Waals surface area contributed by atoms with Crippen LogP contribution in [0.3, 0.4) is 0 Å². The van der Waals surface area contributed by atoms with Crippen molar-refractivity contribution < 1.29 is 23.9 Å². The van der Waals surface area contributed by atoms with Crippen molar-refractivity contribution >= 4 is 29.2 Å². The molecular weight excluding hydrogens is 312 g/mol. The Hall–Kier alpha value is -2.57. The molecule has 0 fully saturated rings. The molecule has 1 aromatic carbocycles. The summed E-state index contributed by atoms with van der Waals surface area (Å²) in [5.41, 5.74) is 1.26. The zero-order valence-electron chi connectivity index (χ0n) is 14.1. The second-order valence-electron chi connectivity index (χ2n) is 5.56. The van der Waals surface area contributed by atoms with Gasteiger partial charge < -0.3 is 19.7 Å². The van der Waals surface area contributed by atoms with E-state index in [0.717, 1.165) is 6.42 Å². The molecule has 2 amide bonds. The lowest BCUT2D eigenvalue weighted by atomic mass is 10.1. The van der Waals surface area contributed by atoms with Crippen molar-refractivity contribution in [1.29, 1.82) is 0 Å². The lowest BCUT2D eigenvalue weighted by Gasteiger charge is -2.33. The Morgan fingerprint density at radius 3 is 2.75 bits per heavy atom. The number of rotatable bonds is 6. The van der Waals surface area contributed by atoms with Gasteiger partial charge in [-0.05, 0) is 25.5 Å². The van der Waals surface area contributed by atoms with Crippen LogP contribution in [0.1, 0.15) is 33.1 Å². The lowest BCUT2D eigenvalue weighted by molar-refractivity contribution is -0.141. The Labute approximate surface area is 140 Å². The number of hydrogen-bond acceptors (Lipinski definition) is 5. The molecule has 1 atom stereocenters. The smallest absolute Gasteiger partial charge is 0.306 e. The number of hydrogen-bond donors (Lipinski definition) is 1. The van der Waals surface area contributed by atoms with E-state index in [1.54, 1.807) is 30.0 Å². The number of fused-ring (bicyclic) bond motifs is 1. The van der Waals surface area contributed by atoms with Crippen LogP contribution in [0, 0.1) is 0 Å². The van der Waals surface area contributed by atoms with E-state index in [9.17, 15) is 14.4 Å². The number of nitrogens with zero attached hydrogens (tertiary/aromatic N) is 1. The van der Waals surface area contributed by atoms with Gasteiger partial charge in [-0.2, -0.15) is 0 Å². The SMILES string of the molecule is CCCN1C(=O)C(C)Oc2cc(NC(=O)CCC(=O)OC)ccc21. The van der Waals surface area contributed by atoms with Gasteiger partial charge in [-0.15, -0.1) is 0 Å². The topological polar surface area (TPSA) is 84.9 Å². The largest absolute Gasteiger partial charge is 0.479 e. The molecule has 0 aliphatic carbocycles. The van der Waals surface area contributed by atoms with Crippen LogP contribution in [0.15, 0.2) is 18.2 Å². The second-order valence-corrected chi connectivity index (χ2v) is 5.56. The standard InChI is InChI=1S/C17H22N2O5/c1-4-9-19-13-6-5-12(10-14(13)24-11(2)17(19)22)18-15(20)7-8-16(21)23-3/h5-6,10-11H,4,7-9H2,1-3H3,(H,18,20). The molecule has 1 aromatic rings. The third-order valence-electron chi connectivity index (χ3n) is 3.68. The number of amides is 2. The third kappa shape index (κ3) is 4.04. The zero-order valence-corrected chi connectivity index (χ0v) is 14.1. The van der Waals surface area contributed by atoms with Crippen molar-refractivity contribution in [3.05, 3.63) is 18.2 Å². The summed E-state index contributed by atoms with van der Waals surface area (Å²) in [6.07, 6.45) is 0.347. The average molecular weight is 334 g/mol. The van der Waals surface area contributed by atoms with Gasteiger partial charge in [-0.3, -0.25) is 14.4 Å². The monoisotopic (exact) mass is 334 g/mol. The molecule has 0 spiro atoms. The molecule has 0 aromatic heterocycles. The molecule has 0 saturated carbocycles. The van der Waals surface area contributed by atoms with Crippen LogP contribution < -0.4 is 15.0 Å². The minimum absolute atomic E-state index is 0.0274. The van der Waals surface area contributed by atoms with Crippen LogP contribution in [0.5, 0.6) is 5.75 Å². The van der Waals surface area contributed by atoms with Crippen LogP contribution in [-0.4, -0.2) is 37.5 Å². The van der Waals surface area contributed by atoms with E-state index in [1.165, 1.54) is 7.11 Å². The van der Waals surface area contributed by atoms with Crippen LogP contribution in [-0.2, 0) is 19.1 Å². The quantitative estimate of drug-likeness (QED) is 0.805. The van der Waals surface area contributed by atoms with E-state index in [4.69, 9.17) is 4.74 Å². The van der Waals surface area contributed by atoms with Gasteiger partial charge in [0.1, 0.15) is 5.75 Å². The van der Waals surface area contributed by atoms with Crippen molar-refractivity contribution in [2.75, 3.05) is 23.9 Å². The molecule has 2 rings (SSSR count). The fraction of sp³-hybridized carbons (Fsp3) is 0.471. The van der Waals surface area contributed by atoms with E-state index in [2.05, 4.69) is 10.1 Å². The molecule has 0 saturated heterocycles. The summed E-state index contributed by atoms with van der Waals surface area (Å²) in [5.74, 6) is -0.229. The first-order valence-corrected chi connectivity index (χ1v) is 7.95.